The molecule has 56 valence electrons. The minimum Gasteiger partial charge on any atom is -0.295 e. The van der Waals surface area contributed by atoms with Crippen molar-refractivity contribution in [2.45, 2.75) is 26.7 Å². The SMILES string of the molecule is CCC1CC(=O)C=CC1C. The molecule has 0 fully saturated rings. The molecule has 1 heteroatoms. The lowest BCUT2D eigenvalue weighted by atomic mass is 9.83. The van der Waals surface area contributed by atoms with Crippen molar-refractivity contribution in [3.63, 3.8) is 0 Å². The van der Waals surface area contributed by atoms with E-state index in [2.05, 4.69) is 13.8 Å². The molecule has 0 aromatic carbocycles. The second-order valence-corrected chi connectivity index (χ2v) is 3.06. The van der Waals surface area contributed by atoms with Crippen molar-refractivity contribution in [1.29, 1.82) is 0 Å². The van der Waals surface area contributed by atoms with Gasteiger partial charge in [0.05, 0.1) is 0 Å². The van der Waals surface area contributed by atoms with Crippen molar-refractivity contribution in [1.82, 2.24) is 0 Å². The maximum Gasteiger partial charge on any atom is 0.155 e. The van der Waals surface area contributed by atoms with Crippen LogP contribution in [0.4, 0.5) is 0 Å². The summed E-state index contributed by atoms with van der Waals surface area (Å²) in [7, 11) is 0. The molecule has 0 spiro atoms. The van der Waals surface area contributed by atoms with Gasteiger partial charge in [-0.25, -0.2) is 0 Å². The quantitative estimate of drug-likeness (QED) is 0.542. The van der Waals surface area contributed by atoms with E-state index in [9.17, 15) is 4.79 Å². The van der Waals surface area contributed by atoms with E-state index in [1.54, 1.807) is 6.08 Å². The Kier molecular flexibility index (Phi) is 2.25. The molecule has 0 saturated carbocycles. The number of rotatable bonds is 1. The summed E-state index contributed by atoms with van der Waals surface area (Å²) in [5.74, 6) is 1.49. The summed E-state index contributed by atoms with van der Waals surface area (Å²) in [5.41, 5.74) is 0. The van der Waals surface area contributed by atoms with Crippen LogP contribution in [-0.2, 0) is 4.79 Å². The Balaban J connectivity index is 2.62. The van der Waals surface area contributed by atoms with Crippen LogP contribution in [0.1, 0.15) is 26.7 Å². The zero-order chi connectivity index (χ0) is 7.56. The molecular weight excluding hydrogens is 124 g/mol. The van der Waals surface area contributed by atoms with Crippen molar-refractivity contribution in [3.8, 4) is 0 Å². The molecule has 0 aromatic rings. The van der Waals surface area contributed by atoms with Gasteiger partial charge in [0.25, 0.3) is 0 Å². The number of allylic oxidation sites excluding steroid dienone is 2. The van der Waals surface area contributed by atoms with Crippen LogP contribution < -0.4 is 0 Å². The lowest BCUT2D eigenvalue weighted by Crippen LogP contribution is -2.17. The van der Waals surface area contributed by atoms with Gasteiger partial charge in [0, 0.05) is 6.42 Å². The number of hydrogen-bond donors (Lipinski definition) is 0. The van der Waals surface area contributed by atoms with Crippen LogP contribution in [0.5, 0.6) is 0 Å². The highest BCUT2D eigenvalue weighted by atomic mass is 16.1. The average molecular weight is 138 g/mol. The van der Waals surface area contributed by atoms with Gasteiger partial charge >= 0.3 is 0 Å². The van der Waals surface area contributed by atoms with Crippen molar-refractivity contribution in [2.24, 2.45) is 11.8 Å². The van der Waals surface area contributed by atoms with E-state index in [4.69, 9.17) is 0 Å². The molecule has 1 aliphatic rings. The van der Waals surface area contributed by atoms with E-state index in [0.29, 0.717) is 17.6 Å². The third-order valence-electron chi connectivity index (χ3n) is 2.32. The van der Waals surface area contributed by atoms with E-state index in [1.165, 1.54) is 0 Å². The van der Waals surface area contributed by atoms with Gasteiger partial charge in [-0.05, 0) is 17.9 Å². The largest absolute Gasteiger partial charge is 0.295 e. The van der Waals surface area contributed by atoms with Gasteiger partial charge in [-0.15, -0.1) is 0 Å². The van der Waals surface area contributed by atoms with E-state index in [-0.39, 0.29) is 0 Å². The van der Waals surface area contributed by atoms with Gasteiger partial charge in [0.15, 0.2) is 5.78 Å². The molecule has 0 bridgehead atoms. The molecule has 0 N–H and O–H groups in total. The van der Waals surface area contributed by atoms with Gasteiger partial charge in [0.1, 0.15) is 0 Å². The molecule has 1 aliphatic carbocycles. The van der Waals surface area contributed by atoms with Crippen molar-refractivity contribution < 1.29 is 4.79 Å². The Hall–Kier alpha value is -0.590. The third kappa shape index (κ3) is 1.47. The van der Waals surface area contributed by atoms with E-state index >= 15 is 0 Å². The van der Waals surface area contributed by atoms with E-state index < -0.39 is 0 Å². The van der Waals surface area contributed by atoms with Gasteiger partial charge in [-0.2, -0.15) is 0 Å². The first kappa shape index (κ1) is 7.52. The monoisotopic (exact) mass is 138 g/mol. The smallest absolute Gasteiger partial charge is 0.155 e. The average Bonchev–Trinajstić information content (AvgIpc) is 1.94. The van der Waals surface area contributed by atoms with E-state index in [1.807, 2.05) is 6.08 Å². The van der Waals surface area contributed by atoms with Crippen LogP contribution in [0.2, 0.25) is 0 Å². The highest BCUT2D eigenvalue weighted by molar-refractivity contribution is 5.90. The molecule has 2 unspecified atom stereocenters. The fraction of sp³-hybridized carbons (Fsp3) is 0.667. The normalized spacial score (nSPS) is 32.8. The Labute approximate surface area is 62.1 Å². The number of hydrogen-bond acceptors (Lipinski definition) is 1. The summed E-state index contributed by atoms with van der Waals surface area (Å²) >= 11 is 0. The van der Waals surface area contributed by atoms with Crippen LogP contribution in [-0.4, -0.2) is 5.78 Å². The van der Waals surface area contributed by atoms with Crippen LogP contribution in [0.25, 0.3) is 0 Å². The minimum absolute atomic E-state index is 0.296. The first-order valence-electron chi connectivity index (χ1n) is 3.95. The molecule has 1 nitrogen and oxygen atoms in total. The van der Waals surface area contributed by atoms with Crippen LogP contribution in [0.15, 0.2) is 12.2 Å². The number of carbonyl (C=O) groups excluding carboxylic acids is 1. The molecule has 1 rings (SSSR count). The lowest BCUT2D eigenvalue weighted by Gasteiger charge is -2.21. The minimum atomic E-state index is 0.296. The summed E-state index contributed by atoms with van der Waals surface area (Å²) in [4.78, 5) is 10.9. The zero-order valence-electron chi connectivity index (χ0n) is 6.63. The first-order chi connectivity index (χ1) is 4.74. The Morgan fingerprint density at radius 1 is 1.70 bits per heavy atom. The maximum atomic E-state index is 10.9. The summed E-state index contributed by atoms with van der Waals surface area (Å²) < 4.78 is 0. The predicted molar refractivity (Wildman–Crippen MR) is 41.7 cm³/mol. The highest BCUT2D eigenvalue weighted by Gasteiger charge is 2.19. The van der Waals surface area contributed by atoms with Gasteiger partial charge < -0.3 is 0 Å². The fourth-order valence-electron chi connectivity index (χ4n) is 1.44. The van der Waals surface area contributed by atoms with Crippen molar-refractivity contribution >= 4 is 5.78 Å². The van der Waals surface area contributed by atoms with Gasteiger partial charge in [-0.3, -0.25) is 4.79 Å². The lowest BCUT2D eigenvalue weighted by molar-refractivity contribution is -0.116. The van der Waals surface area contributed by atoms with Gasteiger partial charge in [-0.1, -0.05) is 26.3 Å². The van der Waals surface area contributed by atoms with Crippen LogP contribution in [0.3, 0.4) is 0 Å². The Morgan fingerprint density at radius 3 is 2.90 bits per heavy atom. The van der Waals surface area contributed by atoms with E-state index in [0.717, 1.165) is 12.8 Å². The molecular formula is C9H14O. The molecule has 2 atom stereocenters. The second kappa shape index (κ2) is 3.00. The first-order valence-corrected chi connectivity index (χ1v) is 3.95. The van der Waals surface area contributed by atoms with Crippen molar-refractivity contribution in [2.75, 3.05) is 0 Å². The van der Waals surface area contributed by atoms with Crippen LogP contribution in [0, 0.1) is 11.8 Å². The topological polar surface area (TPSA) is 17.1 Å². The summed E-state index contributed by atoms with van der Waals surface area (Å²) in [5, 5.41) is 0. The summed E-state index contributed by atoms with van der Waals surface area (Å²) in [6.45, 7) is 4.32. The fourth-order valence-corrected chi connectivity index (χ4v) is 1.44. The highest BCUT2D eigenvalue weighted by Crippen LogP contribution is 2.24. The summed E-state index contributed by atoms with van der Waals surface area (Å²) in [6.07, 6.45) is 5.63. The third-order valence-corrected chi connectivity index (χ3v) is 2.32. The molecule has 0 radical (unpaired) electrons. The molecule has 0 saturated heterocycles. The Morgan fingerprint density at radius 2 is 2.40 bits per heavy atom. The van der Waals surface area contributed by atoms with Gasteiger partial charge in [0.2, 0.25) is 0 Å². The standard InChI is InChI=1S/C9H14O/c1-3-8-6-9(10)5-4-7(8)2/h4-5,7-8H,3,6H2,1-2H3. The molecule has 10 heavy (non-hydrogen) atoms. The molecule has 0 aromatic heterocycles. The number of ketones is 1. The number of carbonyl (C=O) groups is 1. The molecule has 0 amide bonds. The molecule has 0 heterocycles. The van der Waals surface area contributed by atoms with Crippen molar-refractivity contribution in [3.05, 3.63) is 12.2 Å². The predicted octanol–water partition coefficient (Wildman–Crippen LogP) is 2.18. The van der Waals surface area contributed by atoms with Crippen LogP contribution >= 0.6 is 0 Å². The molecule has 0 aliphatic heterocycles. The second-order valence-electron chi connectivity index (χ2n) is 3.06. The maximum absolute atomic E-state index is 10.9. The Bertz CT molecular complexity index is 158. The summed E-state index contributed by atoms with van der Waals surface area (Å²) in [6, 6.07) is 0. The zero-order valence-corrected chi connectivity index (χ0v) is 6.63.